The largest absolute Gasteiger partial charge is 0.325 e. The average molecular weight is 392 g/mol. The van der Waals surface area contributed by atoms with Crippen molar-refractivity contribution in [2.24, 2.45) is 0 Å². The smallest absolute Gasteiger partial charge is 0.294 e. The van der Waals surface area contributed by atoms with Crippen LogP contribution in [-0.2, 0) is 9.59 Å². The van der Waals surface area contributed by atoms with Crippen LogP contribution in [-0.4, -0.2) is 28.5 Å². The number of anilines is 1. The molecule has 28 heavy (non-hydrogen) atoms. The molecule has 0 atom stereocenters. The molecule has 0 aromatic heterocycles. The molecule has 2 aromatic rings. The Morgan fingerprint density at radius 2 is 1.86 bits per heavy atom. The van der Waals surface area contributed by atoms with E-state index in [9.17, 15) is 14.4 Å². The SMILES string of the molecule is CC(=C\c1ccccc1)/C=C1/SC(=O)N(CC(=O)Nc2cccc(C)c2)C1=O. The topological polar surface area (TPSA) is 66.5 Å². The Bertz CT molecular complexity index is 980. The highest BCUT2D eigenvalue weighted by atomic mass is 32.2. The second-order valence-corrected chi connectivity index (χ2v) is 7.48. The standard InChI is InChI=1S/C22H20N2O3S/c1-15-7-6-10-18(12-15)23-20(25)14-24-21(26)19(28-22(24)27)13-16(2)11-17-8-4-3-5-9-17/h3-13H,14H2,1-2H3,(H,23,25)/b16-11+,19-13+. The third-order valence-corrected chi connectivity index (χ3v) is 4.94. The number of nitrogens with one attached hydrogen (secondary N) is 1. The molecule has 1 heterocycles. The van der Waals surface area contributed by atoms with Gasteiger partial charge in [0.2, 0.25) is 5.91 Å². The zero-order valence-electron chi connectivity index (χ0n) is 15.6. The number of aryl methyl sites for hydroxylation is 1. The van der Waals surface area contributed by atoms with Crippen molar-refractivity contribution in [1.29, 1.82) is 0 Å². The summed E-state index contributed by atoms with van der Waals surface area (Å²) in [4.78, 5) is 38.3. The van der Waals surface area contributed by atoms with Crippen LogP contribution >= 0.6 is 11.8 Å². The lowest BCUT2D eigenvalue weighted by Crippen LogP contribution is -2.36. The maximum Gasteiger partial charge on any atom is 0.294 e. The Balaban J connectivity index is 1.67. The van der Waals surface area contributed by atoms with E-state index < -0.39 is 17.1 Å². The van der Waals surface area contributed by atoms with Crippen molar-refractivity contribution in [3.8, 4) is 0 Å². The molecule has 0 bridgehead atoms. The summed E-state index contributed by atoms with van der Waals surface area (Å²) >= 11 is 0.849. The summed E-state index contributed by atoms with van der Waals surface area (Å²) in [5, 5.41) is 2.27. The molecule has 1 saturated heterocycles. The molecule has 0 spiro atoms. The number of nitrogens with zero attached hydrogens (tertiary/aromatic N) is 1. The van der Waals surface area contributed by atoms with E-state index in [1.54, 1.807) is 12.1 Å². The summed E-state index contributed by atoms with van der Waals surface area (Å²) in [5.74, 6) is -0.860. The van der Waals surface area contributed by atoms with E-state index in [1.807, 2.05) is 68.5 Å². The van der Waals surface area contributed by atoms with Crippen LogP contribution in [0.25, 0.3) is 6.08 Å². The van der Waals surface area contributed by atoms with Crippen molar-refractivity contribution < 1.29 is 14.4 Å². The van der Waals surface area contributed by atoms with Gasteiger partial charge in [-0.15, -0.1) is 0 Å². The number of thioether (sulfide) groups is 1. The number of imide groups is 1. The fourth-order valence-corrected chi connectivity index (χ4v) is 3.65. The van der Waals surface area contributed by atoms with E-state index in [0.717, 1.165) is 33.4 Å². The van der Waals surface area contributed by atoms with Gasteiger partial charge in [0, 0.05) is 5.69 Å². The molecule has 5 nitrogen and oxygen atoms in total. The van der Waals surface area contributed by atoms with Gasteiger partial charge in [0.05, 0.1) is 4.91 Å². The maximum absolute atomic E-state index is 12.6. The summed E-state index contributed by atoms with van der Waals surface area (Å²) < 4.78 is 0. The van der Waals surface area contributed by atoms with Gasteiger partial charge in [-0.25, -0.2) is 0 Å². The van der Waals surface area contributed by atoms with Crippen molar-refractivity contribution in [2.45, 2.75) is 13.8 Å². The number of carbonyl (C=O) groups is 3. The Morgan fingerprint density at radius 3 is 2.57 bits per heavy atom. The predicted octanol–water partition coefficient (Wildman–Crippen LogP) is 4.62. The third kappa shape index (κ3) is 4.98. The van der Waals surface area contributed by atoms with Crippen molar-refractivity contribution in [3.05, 3.63) is 82.3 Å². The van der Waals surface area contributed by atoms with Gasteiger partial charge < -0.3 is 5.32 Å². The van der Waals surface area contributed by atoms with E-state index in [2.05, 4.69) is 5.32 Å². The highest BCUT2D eigenvalue weighted by Crippen LogP contribution is 2.31. The van der Waals surface area contributed by atoms with Gasteiger partial charge in [-0.2, -0.15) is 0 Å². The summed E-state index contributed by atoms with van der Waals surface area (Å²) in [6.07, 6.45) is 3.61. The van der Waals surface area contributed by atoms with Crippen molar-refractivity contribution in [1.82, 2.24) is 4.90 Å². The first-order valence-corrected chi connectivity index (χ1v) is 9.59. The van der Waals surface area contributed by atoms with Crippen LogP contribution in [0.3, 0.4) is 0 Å². The van der Waals surface area contributed by atoms with Crippen LogP contribution in [0.4, 0.5) is 10.5 Å². The normalized spacial score (nSPS) is 16.0. The second kappa shape index (κ2) is 8.71. The highest BCUT2D eigenvalue weighted by molar-refractivity contribution is 8.18. The van der Waals surface area contributed by atoms with Gasteiger partial charge in [-0.1, -0.05) is 48.5 Å². The summed E-state index contributed by atoms with van der Waals surface area (Å²) in [5.41, 5.74) is 3.50. The zero-order chi connectivity index (χ0) is 20.1. The van der Waals surface area contributed by atoms with E-state index in [4.69, 9.17) is 0 Å². The van der Waals surface area contributed by atoms with Crippen LogP contribution in [0.1, 0.15) is 18.1 Å². The third-order valence-electron chi connectivity index (χ3n) is 4.03. The second-order valence-electron chi connectivity index (χ2n) is 6.48. The molecule has 6 heteroatoms. The monoisotopic (exact) mass is 392 g/mol. The zero-order valence-corrected chi connectivity index (χ0v) is 16.5. The molecule has 1 aliphatic heterocycles. The van der Waals surface area contributed by atoms with Crippen LogP contribution in [0.5, 0.6) is 0 Å². The molecule has 2 aromatic carbocycles. The molecule has 0 radical (unpaired) electrons. The lowest BCUT2D eigenvalue weighted by molar-refractivity contribution is -0.127. The fourth-order valence-electron chi connectivity index (χ4n) is 2.76. The quantitative estimate of drug-likeness (QED) is 0.754. The Labute approximate surface area is 168 Å². The summed E-state index contributed by atoms with van der Waals surface area (Å²) in [7, 11) is 0. The maximum atomic E-state index is 12.6. The Morgan fingerprint density at radius 1 is 1.11 bits per heavy atom. The number of allylic oxidation sites excluding steroid dienone is 2. The van der Waals surface area contributed by atoms with Gasteiger partial charge in [-0.05, 0) is 60.5 Å². The molecular formula is C22H20N2O3S. The van der Waals surface area contributed by atoms with Crippen LogP contribution in [0.2, 0.25) is 0 Å². The lowest BCUT2D eigenvalue weighted by atomic mass is 10.1. The van der Waals surface area contributed by atoms with Crippen molar-refractivity contribution in [3.63, 3.8) is 0 Å². The predicted molar refractivity (Wildman–Crippen MR) is 113 cm³/mol. The minimum absolute atomic E-state index is 0.308. The number of amides is 3. The van der Waals surface area contributed by atoms with E-state index in [1.165, 1.54) is 0 Å². The van der Waals surface area contributed by atoms with Gasteiger partial charge in [0.15, 0.2) is 0 Å². The number of hydrogen-bond acceptors (Lipinski definition) is 4. The first kappa shape index (κ1) is 19.6. The number of carbonyl (C=O) groups excluding carboxylic acids is 3. The van der Waals surface area contributed by atoms with Gasteiger partial charge in [0.1, 0.15) is 6.54 Å². The van der Waals surface area contributed by atoms with Crippen molar-refractivity contribution in [2.75, 3.05) is 11.9 Å². The van der Waals surface area contributed by atoms with Gasteiger partial charge in [0.25, 0.3) is 11.1 Å². The molecule has 142 valence electrons. The minimum atomic E-state index is -0.449. The first-order valence-electron chi connectivity index (χ1n) is 8.77. The summed E-state index contributed by atoms with van der Waals surface area (Å²) in [6, 6.07) is 17.0. The molecule has 0 aliphatic carbocycles. The highest BCUT2D eigenvalue weighted by Gasteiger charge is 2.36. The van der Waals surface area contributed by atoms with Gasteiger partial charge >= 0.3 is 0 Å². The number of rotatable bonds is 5. The molecule has 3 amide bonds. The molecule has 3 rings (SSSR count). The van der Waals surface area contributed by atoms with E-state index in [0.29, 0.717) is 10.6 Å². The lowest BCUT2D eigenvalue weighted by Gasteiger charge is -2.12. The van der Waals surface area contributed by atoms with Crippen LogP contribution in [0.15, 0.2) is 71.2 Å². The average Bonchev–Trinajstić information content (AvgIpc) is 2.90. The Kier molecular flexibility index (Phi) is 6.11. The number of benzene rings is 2. The van der Waals surface area contributed by atoms with E-state index >= 15 is 0 Å². The summed E-state index contributed by atoms with van der Waals surface area (Å²) in [6.45, 7) is 3.48. The molecule has 0 unspecified atom stereocenters. The minimum Gasteiger partial charge on any atom is -0.325 e. The van der Waals surface area contributed by atoms with Crippen LogP contribution < -0.4 is 5.32 Å². The molecule has 1 N–H and O–H groups in total. The number of hydrogen-bond donors (Lipinski definition) is 1. The van der Waals surface area contributed by atoms with Crippen LogP contribution in [0, 0.1) is 6.92 Å². The van der Waals surface area contributed by atoms with E-state index in [-0.39, 0.29) is 6.54 Å². The van der Waals surface area contributed by atoms with Gasteiger partial charge in [-0.3, -0.25) is 19.3 Å². The van der Waals surface area contributed by atoms with Crippen molar-refractivity contribution >= 4 is 40.6 Å². The fraction of sp³-hybridized carbons (Fsp3) is 0.136. The molecule has 1 aliphatic rings. The molecular weight excluding hydrogens is 372 g/mol. The molecule has 0 saturated carbocycles. The Hall–Kier alpha value is -3.12. The first-order chi connectivity index (χ1) is 13.4. The molecule has 1 fully saturated rings.